The normalized spacial score (nSPS) is 18.8. The summed E-state index contributed by atoms with van der Waals surface area (Å²) in [6.45, 7) is 0. The standard InChI is InChI=1S/C13H18BrFN2S/c14-11-3-1-2-10(13(11)15)12(17-16)8-9-4-6-18-7-5-9/h1-3,9,12,17H,4-8,16H2. The lowest BCUT2D eigenvalue weighted by molar-refractivity contribution is 0.366. The van der Waals surface area contributed by atoms with E-state index in [1.54, 1.807) is 6.07 Å². The third-order valence-corrected chi connectivity index (χ3v) is 5.13. The Bertz CT molecular complexity index is 397. The van der Waals surface area contributed by atoms with E-state index >= 15 is 0 Å². The molecule has 0 aromatic heterocycles. The molecule has 1 unspecified atom stereocenters. The summed E-state index contributed by atoms with van der Waals surface area (Å²) in [6, 6.07) is 5.27. The molecule has 0 spiro atoms. The van der Waals surface area contributed by atoms with Gasteiger partial charge in [0.15, 0.2) is 0 Å². The van der Waals surface area contributed by atoms with Crippen LogP contribution in [0.15, 0.2) is 22.7 Å². The van der Waals surface area contributed by atoms with Crippen LogP contribution in [-0.2, 0) is 0 Å². The molecule has 0 aliphatic carbocycles. The Kier molecular flexibility index (Phi) is 5.48. The Hall–Kier alpha value is -0.100. The molecule has 0 amide bonds. The summed E-state index contributed by atoms with van der Waals surface area (Å²) in [5.74, 6) is 8.47. The van der Waals surface area contributed by atoms with Crippen molar-refractivity contribution in [3.05, 3.63) is 34.1 Å². The number of rotatable bonds is 4. The molecule has 3 N–H and O–H groups in total. The van der Waals surface area contributed by atoms with Crippen LogP contribution in [0.4, 0.5) is 4.39 Å². The molecule has 0 saturated carbocycles. The highest BCUT2D eigenvalue weighted by molar-refractivity contribution is 9.10. The molecule has 5 heteroatoms. The third-order valence-electron chi connectivity index (χ3n) is 3.47. The number of thioether (sulfide) groups is 1. The molecule has 1 aromatic carbocycles. The van der Waals surface area contributed by atoms with Crippen LogP contribution in [0, 0.1) is 11.7 Å². The van der Waals surface area contributed by atoms with Crippen molar-refractivity contribution in [2.45, 2.75) is 25.3 Å². The summed E-state index contributed by atoms with van der Waals surface area (Å²) < 4.78 is 14.5. The highest BCUT2D eigenvalue weighted by Crippen LogP contribution is 2.32. The quantitative estimate of drug-likeness (QED) is 0.653. The lowest BCUT2D eigenvalue weighted by Crippen LogP contribution is -2.31. The molecule has 2 nitrogen and oxygen atoms in total. The van der Waals surface area contributed by atoms with Gasteiger partial charge in [0.25, 0.3) is 0 Å². The van der Waals surface area contributed by atoms with Crippen LogP contribution < -0.4 is 11.3 Å². The summed E-state index contributed by atoms with van der Waals surface area (Å²) >= 11 is 5.22. The molecule has 100 valence electrons. The summed E-state index contributed by atoms with van der Waals surface area (Å²) in [6.07, 6.45) is 3.32. The number of nitrogens with one attached hydrogen (secondary N) is 1. The number of hydrogen-bond donors (Lipinski definition) is 2. The smallest absolute Gasteiger partial charge is 0.142 e. The van der Waals surface area contributed by atoms with Gasteiger partial charge in [0.05, 0.1) is 4.47 Å². The van der Waals surface area contributed by atoms with Crippen molar-refractivity contribution < 1.29 is 4.39 Å². The first kappa shape index (κ1) is 14.3. The summed E-state index contributed by atoms with van der Waals surface area (Å²) in [7, 11) is 0. The fraction of sp³-hybridized carbons (Fsp3) is 0.538. The molecule has 1 fully saturated rings. The van der Waals surface area contributed by atoms with E-state index in [-0.39, 0.29) is 11.9 Å². The minimum Gasteiger partial charge on any atom is -0.271 e. The van der Waals surface area contributed by atoms with Crippen molar-refractivity contribution in [3.63, 3.8) is 0 Å². The Morgan fingerprint density at radius 1 is 1.44 bits per heavy atom. The fourth-order valence-corrected chi connectivity index (χ4v) is 3.98. The first-order chi connectivity index (χ1) is 8.72. The van der Waals surface area contributed by atoms with Gasteiger partial charge in [-0.15, -0.1) is 0 Å². The lowest BCUT2D eigenvalue weighted by atomic mass is 9.91. The van der Waals surface area contributed by atoms with Crippen molar-refractivity contribution in [2.24, 2.45) is 11.8 Å². The summed E-state index contributed by atoms with van der Waals surface area (Å²) in [5.41, 5.74) is 3.42. The fourth-order valence-electron chi connectivity index (χ4n) is 2.39. The Labute approximate surface area is 120 Å². The second kappa shape index (κ2) is 6.89. The van der Waals surface area contributed by atoms with Gasteiger partial charge in [0, 0.05) is 11.6 Å². The number of hydrazine groups is 1. The number of hydrogen-bond acceptors (Lipinski definition) is 3. The molecule has 0 radical (unpaired) electrons. The largest absolute Gasteiger partial charge is 0.271 e. The summed E-state index contributed by atoms with van der Waals surface area (Å²) in [4.78, 5) is 0. The molecular weight excluding hydrogens is 315 g/mol. The average molecular weight is 333 g/mol. The molecule has 1 saturated heterocycles. The second-order valence-corrected chi connectivity index (χ2v) is 6.73. The van der Waals surface area contributed by atoms with Gasteiger partial charge in [0.1, 0.15) is 5.82 Å². The predicted octanol–water partition coefficient (Wildman–Crippen LogP) is 3.63. The van der Waals surface area contributed by atoms with Gasteiger partial charge >= 0.3 is 0 Å². The highest BCUT2D eigenvalue weighted by Gasteiger charge is 2.22. The van der Waals surface area contributed by atoms with E-state index < -0.39 is 0 Å². The van der Waals surface area contributed by atoms with Gasteiger partial charge < -0.3 is 0 Å². The van der Waals surface area contributed by atoms with Gasteiger partial charge in [-0.2, -0.15) is 11.8 Å². The van der Waals surface area contributed by atoms with Crippen LogP contribution in [0.5, 0.6) is 0 Å². The van der Waals surface area contributed by atoms with Gasteiger partial charge in [-0.3, -0.25) is 11.3 Å². The van der Waals surface area contributed by atoms with E-state index in [1.807, 2.05) is 23.9 Å². The molecule has 1 heterocycles. The van der Waals surface area contributed by atoms with E-state index in [0.717, 1.165) is 6.42 Å². The zero-order valence-electron chi connectivity index (χ0n) is 10.2. The predicted molar refractivity (Wildman–Crippen MR) is 78.8 cm³/mol. The third kappa shape index (κ3) is 3.47. The van der Waals surface area contributed by atoms with E-state index in [9.17, 15) is 4.39 Å². The molecular formula is C13H18BrFN2S. The maximum atomic E-state index is 14.0. The van der Waals surface area contributed by atoms with Crippen molar-refractivity contribution >= 4 is 27.7 Å². The molecule has 1 aromatic rings. The SMILES string of the molecule is NNC(CC1CCSCC1)c1cccc(Br)c1F. The van der Waals surface area contributed by atoms with Gasteiger partial charge in [0.2, 0.25) is 0 Å². The van der Waals surface area contributed by atoms with Crippen LogP contribution in [-0.4, -0.2) is 11.5 Å². The molecule has 1 aliphatic heterocycles. The van der Waals surface area contributed by atoms with Crippen LogP contribution in [0.2, 0.25) is 0 Å². The van der Waals surface area contributed by atoms with Crippen LogP contribution in [0.3, 0.4) is 0 Å². The maximum absolute atomic E-state index is 14.0. The minimum absolute atomic E-state index is 0.101. The molecule has 0 bridgehead atoms. The van der Waals surface area contributed by atoms with Gasteiger partial charge in [-0.05, 0) is 58.7 Å². The van der Waals surface area contributed by atoms with E-state index in [2.05, 4.69) is 21.4 Å². The Balaban J connectivity index is 2.09. The van der Waals surface area contributed by atoms with E-state index in [0.29, 0.717) is 16.0 Å². The average Bonchev–Trinajstić information content (AvgIpc) is 2.41. The van der Waals surface area contributed by atoms with Crippen molar-refractivity contribution in [3.8, 4) is 0 Å². The number of benzene rings is 1. The van der Waals surface area contributed by atoms with E-state index in [4.69, 9.17) is 5.84 Å². The van der Waals surface area contributed by atoms with Crippen molar-refractivity contribution in [1.82, 2.24) is 5.43 Å². The monoisotopic (exact) mass is 332 g/mol. The maximum Gasteiger partial charge on any atom is 0.142 e. The van der Waals surface area contributed by atoms with Crippen LogP contribution >= 0.6 is 27.7 Å². The van der Waals surface area contributed by atoms with Crippen LogP contribution in [0.25, 0.3) is 0 Å². The zero-order chi connectivity index (χ0) is 13.0. The van der Waals surface area contributed by atoms with Gasteiger partial charge in [-0.25, -0.2) is 4.39 Å². The molecule has 18 heavy (non-hydrogen) atoms. The second-order valence-electron chi connectivity index (χ2n) is 4.65. The Morgan fingerprint density at radius 3 is 2.83 bits per heavy atom. The van der Waals surface area contributed by atoms with Crippen molar-refractivity contribution in [2.75, 3.05) is 11.5 Å². The summed E-state index contributed by atoms with van der Waals surface area (Å²) in [5, 5.41) is 0. The van der Waals surface area contributed by atoms with Gasteiger partial charge in [-0.1, -0.05) is 12.1 Å². The lowest BCUT2D eigenvalue weighted by Gasteiger charge is -2.26. The molecule has 1 atom stereocenters. The Morgan fingerprint density at radius 2 is 2.17 bits per heavy atom. The van der Waals surface area contributed by atoms with Crippen LogP contribution in [0.1, 0.15) is 30.9 Å². The zero-order valence-corrected chi connectivity index (χ0v) is 12.6. The number of nitrogens with two attached hydrogens (primary N) is 1. The van der Waals surface area contributed by atoms with Crippen molar-refractivity contribution in [1.29, 1.82) is 0 Å². The van der Waals surface area contributed by atoms with E-state index in [1.165, 1.54) is 24.3 Å². The highest BCUT2D eigenvalue weighted by atomic mass is 79.9. The first-order valence-corrected chi connectivity index (χ1v) is 8.15. The minimum atomic E-state index is -0.203. The molecule has 2 rings (SSSR count). The number of halogens is 2. The topological polar surface area (TPSA) is 38.0 Å². The first-order valence-electron chi connectivity index (χ1n) is 6.20. The molecule has 1 aliphatic rings.